The number of benzene rings is 2. The van der Waals surface area contributed by atoms with Crippen LogP contribution in [-0.4, -0.2) is 19.0 Å². The molecule has 25 heavy (non-hydrogen) atoms. The van der Waals surface area contributed by atoms with Gasteiger partial charge in [0.2, 0.25) is 5.91 Å². The third-order valence-corrected chi connectivity index (χ3v) is 4.73. The van der Waals surface area contributed by atoms with Crippen LogP contribution in [0.1, 0.15) is 30.9 Å². The molecular weight excluding hydrogens is 315 g/mol. The summed E-state index contributed by atoms with van der Waals surface area (Å²) >= 11 is 0. The van der Waals surface area contributed by atoms with Crippen LogP contribution >= 0.6 is 0 Å². The van der Waals surface area contributed by atoms with E-state index in [0.29, 0.717) is 6.54 Å². The van der Waals surface area contributed by atoms with Crippen molar-refractivity contribution in [1.82, 2.24) is 5.32 Å². The highest BCUT2D eigenvalue weighted by molar-refractivity contribution is 5.78. The number of anilines is 1. The first kappa shape index (κ1) is 17.5. The minimum absolute atomic E-state index is 0.0551. The molecule has 2 aromatic rings. The molecule has 1 fully saturated rings. The topological polar surface area (TPSA) is 32.3 Å². The van der Waals surface area contributed by atoms with Crippen LogP contribution in [-0.2, 0) is 17.8 Å². The maximum absolute atomic E-state index is 12.9. The average molecular weight is 340 g/mol. The molecule has 0 radical (unpaired) electrons. The molecular formula is C21H25FN2O. The van der Waals surface area contributed by atoms with E-state index in [9.17, 15) is 9.18 Å². The molecule has 1 atom stereocenters. The van der Waals surface area contributed by atoms with Crippen molar-refractivity contribution in [3.63, 3.8) is 0 Å². The molecule has 3 rings (SSSR count). The summed E-state index contributed by atoms with van der Waals surface area (Å²) in [6.07, 6.45) is 2.83. The highest BCUT2D eigenvalue weighted by Crippen LogP contribution is 2.23. The van der Waals surface area contributed by atoms with Crippen molar-refractivity contribution in [3.8, 4) is 0 Å². The van der Waals surface area contributed by atoms with Gasteiger partial charge in [-0.05, 0) is 54.2 Å². The van der Waals surface area contributed by atoms with Gasteiger partial charge in [0, 0.05) is 25.3 Å². The van der Waals surface area contributed by atoms with Gasteiger partial charge in [0.25, 0.3) is 0 Å². The van der Waals surface area contributed by atoms with Crippen molar-refractivity contribution in [2.24, 2.45) is 5.92 Å². The normalized spacial score (nSPS) is 17.4. The smallest absolute Gasteiger partial charge is 0.224 e. The average Bonchev–Trinajstić information content (AvgIpc) is 2.62. The third kappa shape index (κ3) is 5.05. The molecule has 4 heteroatoms. The molecule has 0 aliphatic carbocycles. The lowest BCUT2D eigenvalue weighted by Crippen LogP contribution is -2.34. The van der Waals surface area contributed by atoms with Gasteiger partial charge >= 0.3 is 0 Å². The molecule has 1 heterocycles. The van der Waals surface area contributed by atoms with Crippen LogP contribution in [0.4, 0.5) is 10.1 Å². The van der Waals surface area contributed by atoms with Gasteiger partial charge in [0.15, 0.2) is 0 Å². The van der Waals surface area contributed by atoms with Crippen LogP contribution in [0.3, 0.4) is 0 Å². The molecule has 1 amide bonds. The molecule has 0 saturated carbocycles. The third-order valence-electron chi connectivity index (χ3n) is 4.73. The number of rotatable bonds is 5. The molecule has 1 aliphatic rings. The lowest BCUT2D eigenvalue weighted by atomic mass is 9.99. The second kappa shape index (κ2) is 8.15. The Morgan fingerprint density at radius 3 is 2.48 bits per heavy atom. The fourth-order valence-corrected chi connectivity index (χ4v) is 3.30. The molecule has 3 nitrogen and oxygen atoms in total. The largest absolute Gasteiger partial charge is 0.371 e. The predicted molar refractivity (Wildman–Crippen MR) is 99.0 cm³/mol. The van der Waals surface area contributed by atoms with Gasteiger partial charge in [0.1, 0.15) is 5.82 Å². The van der Waals surface area contributed by atoms with Crippen molar-refractivity contribution in [3.05, 3.63) is 65.5 Å². The van der Waals surface area contributed by atoms with Crippen LogP contribution in [0, 0.1) is 11.7 Å². The molecule has 0 spiro atoms. The van der Waals surface area contributed by atoms with Gasteiger partial charge in [-0.2, -0.15) is 0 Å². The molecule has 132 valence electrons. The summed E-state index contributed by atoms with van der Waals surface area (Å²) in [6, 6.07) is 14.5. The van der Waals surface area contributed by atoms with Gasteiger partial charge in [0.05, 0.1) is 6.42 Å². The molecule has 1 saturated heterocycles. The molecule has 1 aliphatic heterocycles. The van der Waals surface area contributed by atoms with Gasteiger partial charge in [-0.3, -0.25) is 4.79 Å². The Morgan fingerprint density at radius 1 is 1.12 bits per heavy atom. The minimum Gasteiger partial charge on any atom is -0.371 e. The summed E-state index contributed by atoms with van der Waals surface area (Å²) < 4.78 is 12.9. The number of halogens is 1. The molecule has 2 aromatic carbocycles. The fraction of sp³-hybridized carbons (Fsp3) is 0.381. The molecule has 1 N–H and O–H groups in total. The zero-order chi connectivity index (χ0) is 17.6. The minimum atomic E-state index is -0.285. The quantitative estimate of drug-likeness (QED) is 0.895. The predicted octanol–water partition coefficient (Wildman–Crippen LogP) is 3.92. The second-order valence-electron chi connectivity index (χ2n) is 6.94. The summed E-state index contributed by atoms with van der Waals surface area (Å²) in [5, 5.41) is 2.92. The van der Waals surface area contributed by atoms with Crippen LogP contribution < -0.4 is 10.2 Å². The Morgan fingerprint density at radius 2 is 1.80 bits per heavy atom. The summed E-state index contributed by atoms with van der Waals surface area (Å²) in [5.74, 6) is 0.409. The van der Waals surface area contributed by atoms with Crippen molar-refractivity contribution >= 4 is 11.6 Å². The van der Waals surface area contributed by atoms with E-state index in [-0.39, 0.29) is 18.1 Å². The standard InChI is InChI=1S/C21H25FN2O/c1-16-3-2-12-24(15-16)20-10-6-18(7-11-20)14-23-21(25)13-17-4-8-19(22)9-5-17/h4-11,16H,2-3,12-15H2,1H3,(H,23,25). The van der Waals surface area contributed by atoms with Gasteiger partial charge in [-0.25, -0.2) is 4.39 Å². The SMILES string of the molecule is CC1CCCN(c2ccc(CNC(=O)Cc3ccc(F)cc3)cc2)C1. The summed E-state index contributed by atoms with van der Waals surface area (Å²) in [6.45, 7) is 5.06. The van der Waals surface area contributed by atoms with Crippen molar-refractivity contribution in [1.29, 1.82) is 0 Å². The van der Waals surface area contributed by atoms with Crippen molar-refractivity contribution in [2.45, 2.75) is 32.7 Å². The Hall–Kier alpha value is -2.36. The number of nitrogens with one attached hydrogen (secondary N) is 1. The van der Waals surface area contributed by atoms with E-state index in [1.165, 1.54) is 30.7 Å². The maximum Gasteiger partial charge on any atom is 0.224 e. The van der Waals surface area contributed by atoms with Gasteiger partial charge in [-0.1, -0.05) is 31.2 Å². The van der Waals surface area contributed by atoms with Gasteiger partial charge in [-0.15, -0.1) is 0 Å². The van der Waals surface area contributed by atoms with E-state index in [1.54, 1.807) is 12.1 Å². The summed E-state index contributed by atoms with van der Waals surface area (Å²) in [5.41, 5.74) is 3.16. The number of piperidine rings is 1. The number of nitrogens with zero attached hydrogens (tertiary/aromatic N) is 1. The number of hydrogen-bond acceptors (Lipinski definition) is 2. The molecule has 0 aromatic heterocycles. The van der Waals surface area contributed by atoms with E-state index < -0.39 is 0 Å². The Kier molecular flexibility index (Phi) is 5.69. The Balaban J connectivity index is 1.49. The van der Waals surface area contributed by atoms with E-state index in [1.807, 2.05) is 0 Å². The monoisotopic (exact) mass is 340 g/mol. The number of amides is 1. The number of carbonyl (C=O) groups is 1. The lowest BCUT2D eigenvalue weighted by molar-refractivity contribution is -0.120. The first-order chi connectivity index (χ1) is 12.1. The van der Waals surface area contributed by atoms with E-state index in [2.05, 4.69) is 41.4 Å². The van der Waals surface area contributed by atoms with Crippen molar-refractivity contribution in [2.75, 3.05) is 18.0 Å². The van der Waals surface area contributed by atoms with Crippen molar-refractivity contribution < 1.29 is 9.18 Å². The summed E-state index contributed by atoms with van der Waals surface area (Å²) in [7, 11) is 0. The van der Waals surface area contributed by atoms with Crippen LogP contribution in [0.25, 0.3) is 0 Å². The Bertz CT molecular complexity index is 697. The molecule has 1 unspecified atom stereocenters. The maximum atomic E-state index is 12.9. The highest BCUT2D eigenvalue weighted by atomic mass is 19.1. The zero-order valence-electron chi connectivity index (χ0n) is 14.7. The summed E-state index contributed by atoms with van der Waals surface area (Å²) in [4.78, 5) is 14.4. The Labute approximate surface area is 148 Å². The first-order valence-electron chi connectivity index (χ1n) is 8.95. The highest BCUT2D eigenvalue weighted by Gasteiger charge is 2.16. The van der Waals surface area contributed by atoms with Gasteiger partial charge < -0.3 is 10.2 Å². The van der Waals surface area contributed by atoms with Crippen LogP contribution in [0.2, 0.25) is 0 Å². The van der Waals surface area contributed by atoms with Crippen LogP contribution in [0.5, 0.6) is 0 Å². The second-order valence-corrected chi connectivity index (χ2v) is 6.94. The number of carbonyl (C=O) groups excluding carboxylic acids is 1. The van der Waals surface area contributed by atoms with E-state index in [4.69, 9.17) is 0 Å². The fourth-order valence-electron chi connectivity index (χ4n) is 3.30. The van der Waals surface area contributed by atoms with E-state index in [0.717, 1.165) is 30.1 Å². The van der Waals surface area contributed by atoms with E-state index >= 15 is 0 Å². The van der Waals surface area contributed by atoms with Crippen LogP contribution in [0.15, 0.2) is 48.5 Å². The lowest BCUT2D eigenvalue weighted by Gasteiger charge is -2.32. The number of hydrogen-bond donors (Lipinski definition) is 1. The zero-order valence-corrected chi connectivity index (χ0v) is 14.7. The first-order valence-corrected chi connectivity index (χ1v) is 8.95. The molecule has 0 bridgehead atoms.